The monoisotopic (exact) mass is 265 g/mol. The first-order chi connectivity index (χ1) is 8.47. The van der Waals surface area contributed by atoms with Crippen LogP contribution in [0, 0.1) is 10.1 Å². The van der Waals surface area contributed by atoms with Crippen molar-refractivity contribution < 1.29 is 14.8 Å². The minimum atomic E-state index is -0.704. The molecule has 1 aromatic rings. The molecule has 1 aliphatic heterocycles. The van der Waals surface area contributed by atoms with Crippen LogP contribution in [0.25, 0.3) is 6.08 Å². The first-order valence-corrected chi connectivity index (χ1v) is 5.19. The van der Waals surface area contributed by atoms with Crippen LogP contribution in [0.3, 0.4) is 0 Å². The molecule has 1 heterocycles. The number of nitrogens with one attached hydrogen (secondary N) is 2. The summed E-state index contributed by atoms with van der Waals surface area (Å²) < 4.78 is 0. The van der Waals surface area contributed by atoms with Crippen LogP contribution in [0.5, 0.6) is 5.75 Å². The molecule has 1 saturated heterocycles. The fourth-order valence-corrected chi connectivity index (χ4v) is 1.63. The number of benzene rings is 1. The van der Waals surface area contributed by atoms with Gasteiger partial charge in [-0.2, -0.15) is 0 Å². The molecule has 0 bridgehead atoms. The minimum absolute atomic E-state index is 0.180. The molecule has 8 heteroatoms. The normalized spacial score (nSPS) is 16.6. The topological polar surface area (TPSA) is 104 Å². The summed E-state index contributed by atoms with van der Waals surface area (Å²) in [7, 11) is 0. The maximum absolute atomic E-state index is 11.4. The first-order valence-electron chi connectivity index (χ1n) is 4.79. The molecule has 0 saturated carbocycles. The van der Waals surface area contributed by atoms with Crippen LogP contribution in [0.1, 0.15) is 5.56 Å². The van der Waals surface area contributed by atoms with E-state index in [1.165, 1.54) is 24.3 Å². The van der Waals surface area contributed by atoms with Crippen molar-refractivity contribution >= 4 is 35.0 Å². The fraction of sp³-hybridized carbons (Fsp3) is 0. The number of rotatable bonds is 2. The van der Waals surface area contributed by atoms with E-state index >= 15 is 0 Å². The van der Waals surface area contributed by atoms with Gasteiger partial charge < -0.3 is 10.4 Å². The van der Waals surface area contributed by atoms with Gasteiger partial charge in [-0.3, -0.25) is 20.2 Å². The second-order valence-electron chi connectivity index (χ2n) is 3.47. The highest BCUT2D eigenvalue weighted by atomic mass is 32.1. The van der Waals surface area contributed by atoms with E-state index in [1.807, 2.05) is 0 Å². The Labute approximate surface area is 106 Å². The number of hydrogen-bond donors (Lipinski definition) is 3. The zero-order valence-electron chi connectivity index (χ0n) is 8.84. The SMILES string of the molecule is O=C1NC(=S)NC1=Cc1ccc(O)c([N+](=O)[O-])c1. The van der Waals surface area contributed by atoms with Crippen LogP contribution < -0.4 is 10.6 Å². The third-order valence-electron chi connectivity index (χ3n) is 2.23. The molecule has 1 aromatic carbocycles. The minimum Gasteiger partial charge on any atom is -0.502 e. The van der Waals surface area contributed by atoms with Crippen LogP contribution >= 0.6 is 12.2 Å². The lowest BCUT2D eigenvalue weighted by molar-refractivity contribution is -0.385. The number of aromatic hydroxyl groups is 1. The van der Waals surface area contributed by atoms with Gasteiger partial charge >= 0.3 is 5.69 Å². The zero-order valence-corrected chi connectivity index (χ0v) is 9.65. The molecule has 1 fully saturated rings. The summed E-state index contributed by atoms with van der Waals surface area (Å²) >= 11 is 4.75. The molecule has 7 nitrogen and oxygen atoms in total. The number of hydrogen-bond acceptors (Lipinski definition) is 5. The van der Waals surface area contributed by atoms with Crippen molar-refractivity contribution in [3.05, 3.63) is 39.6 Å². The third-order valence-corrected chi connectivity index (χ3v) is 2.43. The number of amides is 1. The lowest BCUT2D eigenvalue weighted by Gasteiger charge is -1.99. The smallest absolute Gasteiger partial charge is 0.311 e. The van der Waals surface area contributed by atoms with Crippen molar-refractivity contribution in [1.29, 1.82) is 0 Å². The summed E-state index contributed by atoms with van der Waals surface area (Å²) in [6, 6.07) is 3.81. The fourth-order valence-electron chi connectivity index (χ4n) is 1.43. The van der Waals surface area contributed by atoms with Crippen molar-refractivity contribution in [1.82, 2.24) is 10.6 Å². The molecule has 0 aromatic heterocycles. The largest absolute Gasteiger partial charge is 0.502 e. The Hall–Kier alpha value is -2.48. The van der Waals surface area contributed by atoms with Gasteiger partial charge in [-0.05, 0) is 29.9 Å². The quantitative estimate of drug-likeness (QED) is 0.314. The summed E-state index contributed by atoms with van der Waals surface area (Å²) in [5.74, 6) is -0.836. The van der Waals surface area contributed by atoms with Gasteiger partial charge in [-0.15, -0.1) is 0 Å². The van der Waals surface area contributed by atoms with E-state index in [4.69, 9.17) is 12.2 Å². The second-order valence-corrected chi connectivity index (χ2v) is 3.88. The van der Waals surface area contributed by atoms with E-state index in [-0.39, 0.29) is 10.8 Å². The van der Waals surface area contributed by atoms with Crippen molar-refractivity contribution in [2.75, 3.05) is 0 Å². The average Bonchev–Trinajstić information content (AvgIpc) is 2.60. The second kappa shape index (κ2) is 4.41. The summed E-state index contributed by atoms with van der Waals surface area (Å²) in [5.41, 5.74) is 0.173. The number of phenols is 1. The molecule has 1 aliphatic rings. The van der Waals surface area contributed by atoms with Crippen LogP contribution in [0.4, 0.5) is 5.69 Å². The Balaban J connectivity index is 2.38. The molecule has 0 atom stereocenters. The van der Waals surface area contributed by atoms with E-state index < -0.39 is 22.3 Å². The van der Waals surface area contributed by atoms with E-state index in [1.54, 1.807) is 0 Å². The number of nitro groups is 1. The number of nitrogens with zero attached hydrogens (tertiary/aromatic N) is 1. The van der Waals surface area contributed by atoms with Crippen molar-refractivity contribution in [3.63, 3.8) is 0 Å². The van der Waals surface area contributed by atoms with Crippen LogP contribution in [0.15, 0.2) is 23.9 Å². The van der Waals surface area contributed by atoms with Crippen LogP contribution in [-0.2, 0) is 4.79 Å². The van der Waals surface area contributed by atoms with Gasteiger partial charge in [0.15, 0.2) is 10.9 Å². The molecule has 0 spiro atoms. The van der Waals surface area contributed by atoms with E-state index in [2.05, 4.69) is 10.6 Å². The van der Waals surface area contributed by atoms with Crippen molar-refractivity contribution in [3.8, 4) is 5.75 Å². The van der Waals surface area contributed by atoms with Crippen molar-refractivity contribution in [2.24, 2.45) is 0 Å². The zero-order chi connectivity index (χ0) is 13.3. The van der Waals surface area contributed by atoms with Gasteiger partial charge in [0, 0.05) is 6.07 Å². The summed E-state index contributed by atoms with van der Waals surface area (Å²) in [5, 5.41) is 25.1. The highest BCUT2D eigenvalue weighted by Crippen LogP contribution is 2.27. The lowest BCUT2D eigenvalue weighted by Crippen LogP contribution is -2.21. The van der Waals surface area contributed by atoms with Crippen LogP contribution in [-0.4, -0.2) is 21.0 Å². The van der Waals surface area contributed by atoms with Crippen LogP contribution in [0.2, 0.25) is 0 Å². The first kappa shape index (κ1) is 12.0. The third kappa shape index (κ3) is 2.28. The molecular formula is C10H7N3O4S. The molecule has 0 aliphatic carbocycles. The Morgan fingerprint density at radius 2 is 2.11 bits per heavy atom. The highest BCUT2D eigenvalue weighted by molar-refractivity contribution is 7.80. The average molecular weight is 265 g/mol. The van der Waals surface area contributed by atoms with E-state index in [0.29, 0.717) is 5.56 Å². The van der Waals surface area contributed by atoms with Gasteiger partial charge in [0.2, 0.25) is 0 Å². The lowest BCUT2D eigenvalue weighted by atomic mass is 10.1. The standard InChI is InChI=1S/C10H7N3O4S/c14-8-2-1-5(4-7(8)13(16)17)3-6-9(15)12-10(18)11-6/h1-4,14H,(H2,11,12,15,18). The van der Waals surface area contributed by atoms with Gasteiger partial charge in [-0.25, -0.2) is 0 Å². The van der Waals surface area contributed by atoms with Gasteiger partial charge in [0.1, 0.15) is 5.70 Å². The predicted octanol–water partition coefficient (Wildman–Crippen LogP) is 0.646. The molecule has 1 amide bonds. The van der Waals surface area contributed by atoms with E-state index in [0.717, 1.165) is 0 Å². The van der Waals surface area contributed by atoms with Gasteiger partial charge in [-0.1, -0.05) is 6.07 Å². The predicted molar refractivity (Wildman–Crippen MR) is 66.6 cm³/mol. The summed E-state index contributed by atoms with van der Waals surface area (Å²) in [6.45, 7) is 0. The molecule has 2 rings (SSSR count). The van der Waals surface area contributed by atoms with Gasteiger partial charge in [0.25, 0.3) is 5.91 Å². The summed E-state index contributed by atoms with van der Waals surface area (Å²) in [4.78, 5) is 21.3. The van der Waals surface area contributed by atoms with Crippen molar-refractivity contribution in [2.45, 2.75) is 0 Å². The maximum atomic E-state index is 11.4. The molecule has 92 valence electrons. The summed E-state index contributed by atoms with van der Waals surface area (Å²) in [6.07, 6.45) is 1.40. The molecular weight excluding hydrogens is 258 g/mol. The molecule has 18 heavy (non-hydrogen) atoms. The molecule has 3 N–H and O–H groups in total. The number of phenolic OH excluding ortho intramolecular Hbond substituents is 1. The number of carbonyl (C=O) groups excluding carboxylic acids is 1. The van der Waals surface area contributed by atoms with Gasteiger partial charge in [0.05, 0.1) is 4.92 Å². The highest BCUT2D eigenvalue weighted by Gasteiger charge is 2.20. The Bertz CT molecular complexity index is 597. The molecule has 0 radical (unpaired) electrons. The Morgan fingerprint density at radius 3 is 2.67 bits per heavy atom. The number of nitro benzene ring substituents is 1. The Morgan fingerprint density at radius 1 is 1.39 bits per heavy atom. The maximum Gasteiger partial charge on any atom is 0.311 e. The van der Waals surface area contributed by atoms with E-state index in [9.17, 15) is 20.0 Å². The number of carbonyl (C=O) groups is 1. The Kier molecular flexibility index (Phi) is 2.94. The molecule has 0 unspecified atom stereocenters. The number of thiocarbonyl (C=S) groups is 1.